The first-order valence-electron chi connectivity index (χ1n) is 6.32. The predicted molar refractivity (Wildman–Crippen MR) is 69.6 cm³/mol. The fourth-order valence-electron chi connectivity index (χ4n) is 2.35. The Morgan fingerprint density at radius 3 is 2.71 bits per heavy atom. The molecule has 0 spiro atoms. The molecule has 1 heterocycles. The van der Waals surface area contributed by atoms with Crippen molar-refractivity contribution in [1.82, 2.24) is 4.90 Å². The number of hydrogen-bond donors (Lipinski definition) is 1. The fourth-order valence-corrected chi connectivity index (χ4v) is 2.35. The predicted octanol–water partition coefficient (Wildman–Crippen LogP) is 1.76. The summed E-state index contributed by atoms with van der Waals surface area (Å²) in [5.74, 6) is 0. The third-order valence-electron chi connectivity index (χ3n) is 3.34. The summed E-state index contributed by atoms with van der Waals surface area (Å²) in [5.41, 5.74) is 8.53. The van der Waals surface area contributed by atoms with E-state index in [1.807, 2.05) is 0 Å². The molecular formula is C14H22N2O. The topological polar surface area (TPSA) is 38.5 Å². The van der Waals surface area contributed by atoms with Crippen LogP contribution in [0.4, 0.5) is 0 Å². The zero-order chi connectivity index (χ0) is 12.1. The minimum atomic E-state index is 0.408. The number of hydrogen-bond acceptors (Lipinski definition) is 3. The highest BCUT2D eigenvalue weighted by molar-refractivity contribution is 5.23. The molecule has 0 bridgehead atoms. The van der Waals surface area contributed by atoms with Gasteiger partial charge in [-0.3, -0.25) is 4.90 Å². The number of rotatable bonds is 4. The zero-order valence-corrected chi connectivity index (χ0v) is 10.6. The second-order valence-electron chi connectivity index (χ2n) is 4.87. The maximum atomic E-state index is 5.91. The standard InChI is InChI=1S/C14H22N2O/c1-17-11-13-4-2-3-12(9-13)10-16-7-5-14(15)6-8-16/h2-4,9,14H,5-8,10-11,15H2,1H3. The lowest BCUT2D eigenvalue weighted by Gasteiger charge is -2.30. The minimum Gasteiger partial charge on any atom is -0.380 e. The molecule has 0 aromatic heterocycles. The Morgan fingerprint density at radius 1 is 1.29 bits per heavy atom. The van der Waals surface area contributed by atoms with Crippen LogP contribution in [0.25, 0.3) is 0 Å². The van der Waals surface area contributed by atoms with Gasteiger partial charge in [0.15, 0.2) is 0 Å². The number of ether oxygens (including phenoxy) is 1. The van der Waals surface area contributed by atoms with Crippen LogP contribution in [0.5, 0.6) is 0 Å². The molecule has 3 heteroatoms. The average molecular weight is 234 g/mol. The highest BCUT2D eigenvalue weighted by atomic mass is 16.5. The molecule has 1 saturated heterocycles. The molecule has 1 aromatic carbocycles. The first-order chi connectivity index (χ1) is 8.28. The van der Waals surface area contributed by atoms with E-state index in [0.29, 0.717) is 12.6 Å². The highest BCUT2D eigenvalue weighted by Gasteiger charge is 2.15. The lowest BCUT2D eigenvalue weighted by atomic mass is 10.0. The molecular weight excluding hydrogens is 212 g/mol. The van der Waals surface area contributed by atoms with Crippen molar-refractivity contribution >= 4 is 0 Å². The summed E-state index contributed by atoms with van der Waals surface area (Å²) in [4.78, 5) is 2.48. The molecule has 1 fully saturated rings. The van der Waals surface area contributed by atoms with E-state index in [-0.39, 0.29) is 0 Å². The first kappa shape index (κ1) is 12.6. The number of benzene rings is 1. The second-order valence-corrected chi connectivity index (χ2v) is 4.87. The molecule has 1 aromatic rings. The van der Waals surface area contributed by atoms with Gasteiger partial charge in [0.2, 0.25) is 0 Å². The monoisotopic (exact) mass is 234 g/mol. The van der Waals surface area contributed by atoms with Crippen LogP contribution in [-0.2, 0) is 17.9 Å². The van der Waals surface area contributed by atoms with Gasteiger partial charge < -0.3 is 10.5 Å². The van der Waals surface area contributed by atoms with Crippen molar-refractivity contribution in [3.63, 3.8) is 0 Å². The van der Waals surface area contributed by atoms with E-state index < -0.39 is 0 Å². The van der Waals surface area contributed by atoms with Gasteiger partial charge in [0.25, 0.3) is 0 Å². The third-order valence-corrected chi connectivity index (χ3v) is 3.34. The molecule has 17 heavy (non-hydrogen) atoms. The SMILES string of the molecule is COCc1cccc(CN2CCC(N)CC2)c1. The number of methoxy groups -OCH3 is 1. The van der Waals surface area contributed by atoms with Crippen LogP contribution in [0.15, 0.2) is 24.3 Å². The molecule has 0 saturated carbocycles. The van der Waals surface area contributed by atoms with Gasteiger partial charge in [-0.05, 0) is 37.1 Å². The Balaban J connectivity index is 1.91. The molecule has 1 aliphatic rings. The van der Waals surface area contributed by atoms with Crippen LogP contribution in [0.3, 0.4) is 0 Å². The van der Waals surface area contributed by atoms with Gasteiger partial charge in [-0.15, -0.1) is 0 Å². The summed E-state index contributed by atoms with van der Waals surface area (Å²) >= 11 is 0. The van der Waals surface area contributed by atoms with Crippen LogP contribution in [0, 0.1) is 0 Å². The van der Waals surface area contributed by atoms with E-state index >= 15 is 0 Å². The Bertz CT molecular complexity index is 346. The Kier molecular flexibility index (Phi) is 4.54. The maximum Gasteiger partial charge on any atom is 0.0713 e. The third kappa shape index (κ3) is 3.80. The summed E-state index contributed by atoms with van der Waals surface area (Å²) < 4.78 is 5.16. The highest BCUT2D eigenvalue weighted by Crippen LogP contribution is 2.14. The quantitative estimate of drug-likeness (QED) is 0.862. The van der Waals surface area contributed by atoms with Gasteiger partial charge in [-0.2, -0.15) is 0 Å². The van der Waals surface area contributed by atoms with Crippen LogP contribution in [0.1, 0.15) is 24.0 Å². The molecule has 2 N–H and O–H groups in total. The molecule has 0 radical (unpaired) electrons. The smallest absolute Gasteiger partial charge is 0.0713 e. The van der Waals surface area contributed by atoms with Gasteiger partial charge in [0.05, 0.1) is 6.61 Å². The second kappa shape index (κ2) is 6.15. The van der Waals surface area contributed by atoms with E-state index in [2.05, 4.69) is 29.2 Å². The zero-order valence-electron chi connectivity index (χ0n) is 10.6. The molecule has 1 aliphatic heterocycles. The van der Waals surface area contributed by atoms with Crippen LogP contribution in [0.2, 0.25) is 0 Å². The lowest BCUT2D eigenvalue weighted by Crippen LogP contribution is -2.39. The van der Waals surface area contributed by atoms with Gasteiger partial charge >= 0.3 is 0 Å². The number of nitrogens with zero attached hydrogens (tertiary/aromatic N) is 1. The summed E-state index contributed by atoms with van der Waals surface area (Å²) in [6, 6.07) is 9.05. The first-order valence-corrected chi connectivity index (χ1v) is 6.32. The van der Waals surface area contributed by atoms with Crippen molar-refractivity contribution in [3.8, 4) is 0 Å². The van der Waals surface area contributed by atoms with E-state index in [0.717, 1.165) is 32.5 Å². The van der Waals surface area contributed by atoms with Crippen molar-refractivity contribution in [2.24, 2.45) is 5.73 Å². The summed E-state index contributed by atoms with van der Waals surface area (Å²) in [6.07, 6.45) is 2.25. The molecule has 0 amide bonds. The summed E-state index contributed by atoms with van der Waals surface area (Å²) in [6.45, 7) is 3.97. The van der Waals surface area contributed by atoms with E-state index in [1.54, 1.807) is 7.11 Å². The van der Waals surface area contributed by atoms with Gasteiger partial charge in [-0.1, -0.05) is 24.3 Å². The minimum absolute atomic E-state index is 0.408. The largest absolute Gasteiger partial charge is 0.380 e. The molecule has 94 valence electrons. The Labute approximate surface area is 104 Å². The average Bonchev–Trinajstić information content (AvgIpc) is 2.33. The maximum absolute atomic E-state index is 5.91. The fraction of sp³-hybridized carbons (Fsp3) is 0.571. The van der Waals surface area contributed by atoms with Crippen LogP contribution >= 0.6 is 0 Å². The number of nitrogens with two attached hydrogens (primary N) is 1. The summed E-state index contributed by atoms with van der Waals surface area (Å²) in [7, 11) is 1.73. The number of piperidine rings is 1. The Hall–Kier alpha value is -0.900. The molecule has 0 unspecified atom stereocenters. The van der Waals surface area contributed by atoms with Gasteiger partial charge in [0.1, 0.15) is 0 Å². The molecule has 2 rings (SSSR count). The van der Waals surface area contributed by atoms with Crippen LogP contribution < -0.4 is 5.73 Å². The van der Waals surface area contributed by atoms with E-state index in [4.69, 9.17) is 10.5 Å². The Morgan fingerprint density at radius 2 is 2.00 bits per heavy atom. The van der Waals surface area contributed by atoms with Crippen molar-refractivity contribution in [3.05, 3.63) is 35.4 Å². The van der Waals surface area contributed by atoms with Crippen molar-refractivity contribution in [2.75, 3.05) is 20.2 Å². The van der Waals surface area contributed by atoms with E-state index in [9.17, 15) is 0 Å². The van der Waals surface area contributed by atoms with Crippen molar-refractivity contribution in [2.45, 2.75) is 32.0 Å². The molecule has 3 nitrogen and oxygen atoms in total. The van der Waals surface area contributed by atoms with Gasteiger partial charge in [0, 0.05) is 19.7 Å². The van der Waals surface area contributed by atoms with E-state index in [1.165, 1.54) is 11.1 Å². The molecule has 0 aliphatic carbocycles. The number of likely N-dealkylation sites (tertiary alicyclic amines) is 1. The summed E-state index contributed by atoms with van der Waals surface area (Å²) in [5, 5.41) is 0. The lowest BCUT2D eigenvalue weighted by molar-refractivity contribution is 0.184. The van der Waals surface area contributed by atoms with Crippen molar-refractivity contribution < 1.29 is 4.74 Å². The molecule has 0 atom stereocenters. The normalized spacial score (nSPS) is 18.5. The van der Waals surface area contributed by atoms with Crippen molar-refractivity contribution in [1.29, 1.82) is 0 Å². The van der Waals surface area contributed by atoms with Crippen LogP contribution in [-0.4, -0.2) is 31.1 Å². The van der Waals surface area contributed by atoms with Gasteiger partial charge in [-0.25, -0.2) is 0 Å².